The van der Waals surface area contributed by atoms with Crippen molar-refractivity contribution in [1.29, 1.82) is 0 Å². The fourth-order valence-corrected chi connectivity index (χ4v) is 0.816. The molecule has 0 aliphatic rings. The Morgan fingerprint density at radius 1 is 1.27 bits per heavy atom. The van der Waals surface area contributed by atoms with Crippen LogP contribution in [-0.4, -0.2) is 17.3 Å². The van der Waals surface area contributed by atoms with Crippen molar-refractivity contribution in [1.82, 2.24) is 0 Å². The second kappa shape index (κ2) is 6.40. The molecular formula is C12H19FO2. The van der Waals surface area contributed by atoms with Gasteiger partial charge in [-0.15, -0.1) is 0 Å². The number of benzene rings is 1. The predicted molar refractivity (Wildman–Crippen MR) is 59.5 cm³/mol. The molecule has 15 heavy (non-hydrogen) atoms. The molecule has 86 valence electrons. The summed E-state index contributed by atoms with van der Waals surface area (Å²) in [5, 5.41) is 9.32. The van der Waals surface area contributed by atoms with E-state index in [1.807, 2.05) is 13.8 Å². The predicted octanol–water partition coefficient (Wildman–Crippen LogP) is 3.00. The van der Waals surface area contributed by atoms with Gasteiger partial charge in [-0.05, 0) is 26.0 Å². The number of hydrogen-bond donors (Lipinski definition) is 1. The van der Waals surface area contributed by atoms with E-state index in [0.29, 0.717) is 0 Å². The van der Waals surface area contributed by atoms with Crippen molar-refractivity contribution in [2.75, 3.05) is 6.61 Å². The van der Waals surface area contributed by atoms with Crippen LogP contribution in [0.3, 0.4) is 0 Å². The molecular weight excluding hydrogens is 195 g/mol. The van der Waals surface area contributed by atoms with Crippen LogP contribution in [0.25, 0.3) is 0 Å². The molecule has 0 atom stereocenters. The summed E-state index contributed by atoms with van der Waals surface area (Å²) in [5.41, 5.74) is -0.942. The number of halogens is 1. The Hall–Kier alpha value is -1.09. The maximum Gasteiger partial charge on any atom is 0.165 e. The Labute approximate surface area is 90.7 Å². The lowest BCUT2D eigenvalue weighted by molar-refractivity contribution is 0.0272. The van der Waals surface area contributed by atoms with E-state index >= 15 is 0 Å². The average Bonchev–Trinajstić information content (AvgIpc) is 2.18. The number of aliphatic hydroxyl groups is 1. The van der Waals surface area contributed by atoms with Gasteiger partial charge in [-0.3, -0.25) is 0 Å². The minimum Gasteiger partial charge on any atom is -0.488 e. The van der Waals surface area contributed by atoms with Crippen molar-refractivity contribution in [3.8, 4) is 5.75 Å². The molecule has 1 rings (SSSR count). The summed E-state index contributed by atoms with van der Waals surface area (Å²) in [4.78, 5) is 0. The van der Waals surface area contributed by atoms with Crippen LogP contribution >= 0.6 is 0 Å². The Morgan fingerprint density at radius 3 is 2.27 bits per heavy atom. The van der Waals surface area contributed by atoms with E-state index in [1.54, 1.807) is 26.0 Å². The molecule has 2 nitrogen and oxygen atoms in total. The quantitative estimate of drug-likeness (QED) is 0.838. The van der Waals surface area contributed by atoms with Crippen LogP contribution in [0.5, 0.6) is 5.75 Å². The number of ether oxygens (including phenoxy) is 1. The molecule has 3 heteroatoms. The lowest BCUT2D eigenvalue weighted by Crippen LogP contribution is -2.28. The molecule has 0 fully saturated rings. The van der Waals surface area contributed by atoms with Crippen LogP contribution in [-0.2, 0) is 0 Å². The first-order chi connectivity index (χ1) is 6.99. The molecule has 0 aliphatic heterocycles. The SMILES string of the molecule is CC.CC(C)(O)COc1ccccc1F. The third kappa shape index (κ3) is 6.07. The van der Waals surface area contributed by atoms with Gasteiger partial charge in [0.1, 0.15) is 6.61 Å². The number of rotatable bonds is 3. The Kier molecular flexibility index (Phi) is 5.94. The third-order valence-electron chi connectivity index (χ3n) is 1.42. The second-order valence-corrected chi connectivity index (χ2v) is 3.53. The molecule has 0 radical (unpaired) electrons. The molecule has 0 bridgehead atoms. The van der Waals surface area contributed by atoms with E-state index < -0.39 is 11.4 Å². The topological polar surface area (TPSA) is 29.5 Å². The monoisotopic (exact) mass is 214 g/mol. The zero-order valence-corrected chi connectivity index (χ0v) is 9.75. The Bertz CT molecular complexity index is 279. The lowest BCUT2D eigenvalue weighted by Gasteiger charge is -2.17. The molecule has 0 saturated heterocycles. The zero-order chi connectivity index (χ0) is 11.9. The Morgan fingerprint density at radius 2 is 1.80 bits per heavy atom. The summed E-state index contributed by atoms with van der Waals surface area (Å²) in [6, 6.07) is 6.12. The van der Waals surface area contributed by atoms with Gasteiger partial charge in [0.05, 0.1) is 5.60 Å². The third-order valence-corrected chi connectivity index (χ3v) is 1.42. The normalized spacial score (nSPS) is 10.3. The minimum absolute atomic E-state index is 0.0773. The van der Waals surface area contributed by atoms with E-state index in [9.17, 15) is 9.50 Å². The van der Waals surface area contributed by atoms with E-state index in [0.717, 1.165) is 0 Å². The molecule has 0 saturated carbocycles. The summed E-state index contributed by atoms with van der Waals surface area (Å²) >= 11 is 0. The summed E-state index contributed by atoms with van der Waals surface area (Å²) in [5.74, 6) is -0.239. The van der Waals surface area contributed by atoms with Gasteiger partial charge in [0.25, 0.3) is 0 Å². The van der Waals surface area contributed by atoms with Crippen LogP contribution in [0, 0.1) is 5.82 Å². The molecule has 1 aromatic carbocycles. The van der Waals surface area contributed by atoms with Gasteiger partial charge in [-0.1, -0.05) is 26.0 Å². The van der Waals surface area contributed by atoms with Crippen molar-refractivity contribution < 1.29 is 14.2 Å². The highest BCUT2D eigenvalue weighted by Crippen LogP contribution is 2.16. The summed E-state index contributed by atoms with van der Waals surface area (Å²) in [6.07, 6.45) is 0. The van der Waals surface area contributed by atoms with E-state index in [4.69, 9.17) is 4.74 Å². The maximum absolute atomic E-state index is 13.0. The van der Waals surface area contributed by atoms with Crippen molar-refractivity contribution in [3.63, 3.8) is 0 Å². The average molecular weight is 214 g/mol. The standard InChI is InChI=1S/C10H13FO2.C2H6/c1-10(2,12)7-13-9-6-4-3-5-8(9)11;1-2/h3-6,12H,7H2,1-2H3;1-2H3. The van der Waals surface area contributed by atoms with Crippen LogP contribution in [0.4, 0.5) is 4.39 Å². The van der Waals surface area contributed by atoms with Gasteiger partial charge in [-0.2, -0.15) is 0 Å². The van der Waals surface area contributed by atoms with E-state index in [2.05, 4.69) is 0 Å². The molecule has 0 heterocycles. The minimum atomic E-state index is -0.942. The Balaban J connectivity index is 0.000000921. The van der Waals surface area contributed by atoms with Gasteiger partial charge < -0.3 is 9.84 Å². The van der Waals surface area contributed by atoms with Gasteiger partial charge in [0.2, 0.25) is 0 Å². The molecule has 0 amide bonds. The highest BCUT2D eigenvalue weighted by Gasteiger charge is 2.14. The molecule has 1 aromatic rings. The van der Waals surface area contributed by atoms with E-state index in [-0.39, 0.29) is 12.4 Å². The van der Waals surface area contributed by atoms with Gasteiger partial charge in [0, 0.05) is 0 Å². The van der Waals surface area contributed by atoms with Crippen molar-refractivity contribution >= 4 is 0 Å². The van der Waals surface area contributed by atoms with Crippen LogP contribution in [0.15, 0.2) is 24.3 Å². The molecule has 0 unspecified atom stereocenters. The first kappa shape index (κ1) is 13.9. The summed E-state index contributed by atoms with van der Waals surface area (Å²) in [6.45, 7) is 7.29. The number of hydrogen-bond acceptors (Lipinski definition) is 2. The van der Waals surface area contributed by atoms with Crippen LogP contribution < -0.4 is 4.74 Å². The fraction of sp³-hybridized carbons (Fsp3) is 0.500. The highest BCUT2D eigenvalue weighted by atomic mass is 19.1. The fourth-order valence-electron chi connectivity index (χ4n) is 0.816. The largest absolute Gasteiger partial charge is 0.488 e. The molecule has 0 aliphatic carbocycles. The first-order valence-corrected chi connectivity index (χ1v) is 5.09. The highest BCUT2D eigenvalue weighted by molar-refractivity contribution is 5.23. The molecule has 0 spiro atoms. The number of para-hydroxylation sites is 1. The van der Waals surface area contributed by atoms with Crippen LogP contribution in [0.2, 0.25) is 0 Å². The van der Waals surface area contributed by atoms with Crippen molar-refractivity contribution in [2.24, 2.45) is 0 Å². The lowest BCUT2D eigenvalue weighted by atomic mass is 10.2. The summed E-state index contributed by atoms with van der Waals surface area (Å²) < 4.78 is 18.0. The van der Waals surface area contributed by atoms with Crippen molar-refractivity contribution in [2.45, 2.75) is 33.3 Å². The first-order valence-electron chi connectivity index (χ1n) is 5.09. The molecule has 0 aromatic heterocycles. The maximum atomic E-state index is 13.0. The van der Waals surface area contributed by atoms with Crippen molar-refractivity contribution in [3.05, 3.63) is 30.1 Å². The van der Waals surface area contributed by atoms with E-state index in [1.165, 1.54) is 12.1 Å². The summed E-state index contributed by atoms with van der Waals surface area (Å²) in [7, 11) is 0. The van der Waals surface area contributed by atoms with Gasteiger partial charge in [0.15, 0.2) is 11.6 Å². The van der Waals surface area contributed by atoms with Gasteiger partial charge >= 0.3 is 0 Å². The zero-order valence-electron chi connectivity index (χ0n) is 9.75. The second-order valence-electron chi connectivity index (χ2n) is 3.53. The van der Waals surface area contributed by atoms with Crippen LogP contribution in [0.1, 0.15) is 27.7 Å². The molecule has 1 N–H and O–H groups in total. The van der Waals surface area contributed by atoms with Gasteiger partial charge in [-0.25, -0.2) is 4.39 Å². The smallest absolute Gasteiger partial charge is 0.165 e.